The van der Waals surface area contributed by atoms with Crippen molar-refractivity contribution >= 4 is 40.3 Å². The van der Waals surface area contributed by atoms with E-state index in [1.165, 1.54) is 0 Å². The highest BCUT2D eigenvalue weighted by Crippen LogP contribution is 2.37. The second-order valence-corrected chi connectivity index (χ2v) is 9.60. The molecular formula is C27H19F11N6O3. The Morgan fingerprint density at radius 1 is 0.872 bits per heavy atom. The number of ether oxygens (including phenoxy) is 1. The molecule has 20 heteroatoms. The number of pyridine rings is 1. The number of aromatic nitrogens is 3. The summed E-state index contributed by atoms with van der Waals surface area (Å²) in [5, 5.41) is 6.53. The zero-order valence-corrected chi connectivity index (χ0v) is 23.1. The fourth-order valence-electron chi connectivity index (χ4n) is 3.97. The fraction of sp³-hybridized carbons (Fsp3) is 0.259. The largest absolute Gasteiger partial charge is 0.471 e. The van der Waals surface area contributed by atoms with Crippen molar-refractivity contribution in [3.8, 4) is 5.88 Å². The Morgan fingerprint density at radius 3 is 2.15 bits per heavy atom. The quantitative estimate of drug-likeness (QED) is 0.131. The van der Waals surface area contributed by atoms with Gasteiger partial charge in [-0.1, -0.05) is 6.07 Å². The molecule has 0 aliphatic heterocycles. The van der Waals surface area contributed by atoms with Gasteiger partial charge in [0.05, 0.1) is 22.3 Å². The second kappa shape index (κ2) is 13.3. The van der Waals surface area contributed by atoms with Crippen LogP contribution in [0.5, 0.6) is 5.88 Å². The average molecular weight is 684 g/mol. The van der Waals surface area contributed by atoms with Gasteiger partial charge in [-0.05, 0) is 48.0 Å². The van der Waals surface area contributed by atoms with Crippen LogP contribution in [0.15, 0.2) is 48.5 Å². The summed E-state index contributed by atoms with van der Waals surface area (Å²) in [7, 11) is 0. The maximum Gasteiger partial charge on any atom is 0.418 e. The third-order valence-corrected chi connectivity index (χ3v) is 5.99. The lowest BCUT2D eigenvalue weighted by Gasteiger charge is -2.15. The molecule has 0 aliphatic carbocycles. The lowest BCUT2D eigenvalue weighted by Crippen LogP contribution is -2.28. The first-order valence-electron chi connectivity index (χ1n) is 12.9. The van der Waals surface area contributed by atoms with Crippen LogP contribution in [0.25, 0.3) is 11.2 Å². The topological polar surface area (TPSA) is 121 Å². The van der Waals surface area contributed by atoms with Crippen LogP contribution in [0.3, 0.4) is 0 Å². The molecule has 0 aliphatic rings. The number of amides is 2. The molecule has 0 fully saturated rings. The number of benzene rings is 2. The molecule has 4 rings (SSSR count). The van der Waals surface area contributed by atoms with Crippen molar-refractivity contribution in [2.75, 3.05) is 17.2 Å². The summed E-state index contributed by atoms with van der Waals surface area (Å²) in [5.74, 6) is -3.59. The standard InChI is InChI=1S/C27H19F11N6O3/c28-19(29)11-47-23-15(22(46)40-14-4-2-13(3-5-14)26(33,34)35)8-18-21(43-23)44-24(42-18)41-17-7-12(1-6-16(17)27(36,37)38)10-39-20(45)9-25(30,31)32/h1-8,19H,9-11H2,(H,39,45)(H,40,46)(H2,41,42,43,44). The average Bonchev–Trinajstić information content (AvgIpc) is 3.33. The Hall–Kier alpha value is -5.17. The molecule has 2 aromatic carbocycles. The monoisotopic (exact) mass is 684 g/mol. The number of carbonyl (C=O) groups is 2. The van der Waals surface area contributed by atoms with Crippen molar-refractivity contribution in [3.05, 3.63) is 70.8 Å². The maximum atomic E-state index is 13.7. The van der Waals surface area contributed by atoms with E-state index in [0.717, 1.165) is 30.3 Å². The molecule has 4 aromatic rings. The highest BCUT2D eigenvalue weighted by atomic mass is 19.4. The van der Waals surface area contributed by atoms with Gasteiger partial charge in [0.2, 0.25) is 17.7 Å². The van der Waals surface area contributed by atoms with Gasteiger partial charge in [-0.3, -0.25) is 9.59 Å². The minimum Gasteiger partial charge on any atom is -0.471 e. The second-order valence-electron chi connectivity index (χ2n) is 9.60. The smallest absolute Gasteiger partial charge is 0.418 e. The first-order valence-corrected chi connectivity index (χ1v) is 12.9. The number of carbonyl (C=O) groups excluding carboxylic acids is 2. The molecular weight excluding hydrogens is 665 g/mol. The van der Waals surface area contributed by atoms with E-state index in [-0.39, 0.29) is 22.4 Å². The Balaban J connectivity index is 1.63. The van der Waals surface area contributed by atoms with E-state index in [9.17, 15) is 57.9 Å². The molecule has 2 aromatic heterocycles. The third-order valence-electron chi connectivity index (χ3n) is 5.99. The summed E-state index contributed by atoms with van der Waals surface area (Å²) in [6.07, 6.45) is -19.2. The van der Waals surface area contributed by atoms with Crippen LogP contribution in [0.4, 0.5) is 65.6 Å². The fourth-order valence-corrected chi connectivity index (χ4v) is 3.97. The lowest BCUT2D eigenvalue weighted by atomic mass is 10.1. The van der Waals surface area contributed by atoms with Gasteiger partial charge in [-0.2, -0.15) is 49.5 Å². The first kappa shape index (κ1) is 34.7. The van der Waals surface area contributed by atoms with Gasteiger partial charge in [-0.15, -0.1) is 0 Å². The van der Waals surface area contributed by atoms with Crippen LogP contribution in [0.2, 0.25) is 0 Å². The van der Waals surface area contributed by atoms with E-state index < -0.39 is 90.5 Å². The molecule has 0 saturated carbocycles. The minimum atomic E-state index is -4.94. The summed E-state index contributed by atoms with van der Waals surface area (Å²) in [6.45, 7) is -1.80. The molecule has 252 valence electrons. The lowest BCUT2D eigenvalue weighted by molar-refractivity contribution is -0.154. The molecule has 0 unspecified atom stereocenters. The number of rotatable bonds is 10. The zero-order valence-electron chi connectivity index (χ0n) is 23.1. The molecule has 0 atom stereocenters. The number of nitrogens with one attached hydrogen (secondary N) is 4. The van der Waals surface area contributed by atoms with Crippen LogP contribution < -0.4 is 20.7 Å². The molecule has 0 bridgehead atoms. The Labute approximate surface area is 255 Å². The number of nitrogens with zero attached hydrogens (tertiary/aromatic N) is 2. The van der Waals surface area contributed by atoms with Crippen LogP contribution in [0.1, 0.15) is 33.5 Å². The molecule has 2 amide bonds. The van der Waals surface area contributed by atoms with Crippen LogP contribution >= 0.6 is 0 Å². The maximum absolute atomic E-state index is 13.7. The van der Waals surface area contributed by atoms with Crippen molar-refractivity contribution in [3.63, 3.8) is 0 Å². The van der Waals surface area contributed by atoms with Gasteiger partial charge in [-0.25, -0.2) is 8.78 Å². The van der Waals surface area contributed by atoms with Gasteiger partial charge in [0.15, 0.2) is 12.3 Å². The molecule has 4 N–H and O–H groups in total. The summed E-state index contributed by atoms with van der Waals surface area (Å²) in [5.41, 5.74) is -4.02. The van der Waals surface area contributed by atoms with E-state index in [1.807, 2.05) is 5.32 Å². The molecule has 9 nitrogen and oxygen atoms in total. The predicted molar refractivity (Wildman–Crippen MR) is 142 cm³/mol. The number of aromatic amines is 1. The van der Waals surface area contributed by atoms with Crippen LogP contribution in [0, 0.1) is 0 Å². The highest BCUT2D eigenvalue weighted by Gasteiger charge is 2.35. The van der Waals surface area contributed by atoms with Crippen molar-refractivity contribution in [1.29, 1.82) is 0 Å². The first-order chi connectivity index (χ1) is 21.8. The van der Waals surface area contributed by atoms with Crippen molar-refractivity contribution in [2.24, 2.45) is 0 Å². The number of H-pyrrole nitrogens is 1. The van der Waals surface area contributed by atoms with Gasteiger partial charge >= 0.3 is 18.5 Å². The number of alkyl halides is 11. The summed E-state index contributed by atoms with van der Waals surface area (Å²) < 4.78 is 148. The molecule has 2 heterocycles. The van der Waals surface area contributed by atoms with Crippen molar-refractivity contribution in [1.82, 2.24) is 20.3 Å². The van der Waals surface area contributed by atoms with Crippen molar-refractivity contribution < 1.29 is 62.6 Å². The summed E-state index contributed by atoms with van der Waals surface area (Å²) in [4.78, 5) is 34.8. The Kier molecular flexibility index (Phi) is 9.81. The van der Waals surface area contributed by atoms with Gasteiger partial charge in [0.25, 0.3) is 12.3 Å². The highest BCUT2D eigenvalue weighted by molar-refractivity contribution is 6.07. The SMILES string of the molecule is O=C(CC(F)(F)F)NCc1ccc(C(F)(F)F)c(Nc2nc3nc(OCC(F)F)c(C(=O)Nc4ccc(C(F)(F)F)cc4)cc3[nH]2)c1. The Bertz CT molecular complexity index is 1750. The molecule has 0 radical (unpaired) electrons. The van der Waals surface area contributed by atoms with Gasteiger partial charge in [0, 0.05) is 12.2 Å². The van der Waals surface area contributed by atoms with E-state index in [2.05, 4.69) is 25.6 Å². The molecule has 47 heavy (non-hydrogen) atoms. The number of fused-ring (bicyclic) bond motifs is 1. The van der Waals surface area contributed by atoms with Crippen LogP contribution in [-0.2, 0) is 23.7 Å². The number of halogens is 11. The summed E-state index contributed by atoms with van der Waals surface area (Å²) in [6, 6.07) is 6.63. The van der Waals surface area contributed by atoms with E-state index in [1.54, 1.807) is 0 Å². The normalized spacial score (nSPS) is 12.3. The Morgan fingerprint density at radius 2 is 1.55 bits per heavy atom. The molecule has 0 saturated heterocycles. The minimum absolute atomic E-state index is 0.0323. The predicted octanol–water partition coefficient (Wildman–Crippen LogP) is 7.20. The van der Waals surface area contributed by atoms with E-state index in [4.69, 9.17) is 4.74 Å². The van der Waals surface area contributed by atoms with Gasteiger partial charge in [0.1, 0.15) is 12.0 Å². The van der Waals surface area contributed by atoms with Crippen LogP contribution in [-0.4, -0.2) is 46.0 Å². The number of anilines is 3. The number of hydrogen-bond donors (Lipinski definition) is 4. The number of imidazole rings is 1. The van der Waals surface area contributed by atoms with Gasteiger partial charge < -0.3 is 25.7 Å². The van der Waals surface area contributed by atoms with E-state index >= 15 is 0 Å². The zero-order chi connectivity index (χ0) is 34.7. The van der Waals surface area contributed by atoms with E-state index in [0.29, 0.717) is 18.2 Å². The number of hydrogen-bond acceptors (Lipinski definition) is 6. The molecule has 0 spiro atoms. The van der Waals surface area contributed by atoms with Crippen molar-refractivity contribution in [2.45, 2.75) is 37.9 Å². The summed E-state index contributed by atoms with van der Waals surface area (Å²) >= 11 is 0. The third kappa shape index (κ3) is 9.42.